The molecule has 2 rings (SSSR count). The fourth-order valence-corrected chi connectivity index (χ4v) is 3.06. The Morgan fingerprint density at radius 2 is 2.24 bits per heavy atom. The van der Waals surface area contributed by atoms with Crippen LogP contribution in [-0.2, 0) is 6.42 Å². The largest absolute Gasteiger partial charge is 0.323 e. The molecular formula is C12H12BrFN2S. The fourth-order valence-electron chi connectivity index (χ4n) is 1.74. The SMILES string of the molecule is Cc1ncsc1C(N)Cc1cc(F)cc(Br)c1. The summed E-state index contributed by atoms with van der Waals surface area (Å²) in [7, 11) is 0. The van der Waals surface area contributed by atoms with E-state index in [1.807, 2.05) is 13.0 Å². The lowest BCUT2D eigenvalue weighted by Gasteiger charge is -2.11. The highest BCUT2D eigenvalue weighted by molar-refractivity contribution is 9.10. The first-order valence-corrected chi connectivity index (χ1v) is 6.84. The number of halogens is 2. The van der Waals surface area contributed by atoms with Crippen LogP contribution in [0.2, 0.25) is 0 Å². The van der Waals surface area contributed by atoms with Gasteiger partial charge in [-0.3, -0.25) is 0 Å². The van der Waals surface area contributed by atoms with Gasteiger partial charge < -0.3 is 5.73 Å². The van der Waals surface area contributed by atoms with Crippen molar-refractivity contribution in [3.8, 4) is 0 Å². The molecule has 2 nitrogen and oxygen atoms in total. The van der Waals surface area contributed by atoms with Gasteiger partial charge in [0, 0.05) is 15.4 Å². The second-order valence-electron chi connectivity index (χ2n) is 3.89. The van der Waals surface area contributed by atoms with Gasteiger partial charge >= 0.3 is 0 Å². The van der Waals surface area contributed by atoms with Crippen LogP contribution in [0.3, 0.4) is 0 Å². The molecule has 0 radical (unpaired) electrons. The Labute approximate surface area is 112 Å². The number of hydrogen-bond acceptors (Lipinski definition) is 3. The minimum absolute atomic E-state index is 0.129. The summed E-state index contributed by atoms with van der Waals surface area (Å²) in [6, 6.07) is 4.71. The molecule has 0 aliphatic carbocycles. The molecule has 1 aromatic heterocycles. The molecule has 0 bridgehead atoms. The maximum atomic E-state index is 13.2. The minimum Gasteiger partial charge on any atom is -0.323 e. The van der Waals surface area contributed by atoms with Gasteiger partial charge in [-0.1, -0.05) is 15.9 Å². The first-order valence-electron chi connectivity index (χ1n) is 5.17. The lowest BCUT2D eigenvalue weighted by molar-refractivity contribution is 0.621. The highest BCUT2D eigenvalue weighted by atomic mass is 79.9. The Morgan fingerprint density at radius 3 is 2.82 bits per heavy atom. The van der Waals surface area contributed by atoms with Gasteiger partial charge in [-0.25, -0.2) is 9.37 Å². The lowest BCUT2D eigenvalue weighted by atomic mass is 10.0. The molecule has 0 saturated heterocycles. The zero-order chi connectivity index (χ0) is 12.4. The highest BCUT2D eigenvalue weighted by Crippen LogP contribution is 2.24. The van der Waals surface area contributed by atoms with Crippen LogP contribution < -0.4 is 5.73 Å². The first-order chi connectivity index (χ1) is 8.06. The summed E-state index contributed by atoms with van der Waals surface area (Å²) < 4.78 is 14.0. The van der Waals surface area contributed by atoms with Crippen LogP contribution in [0.5, 0.6) is 0 Å². The number of aryl methyl sites for hydroxylation is 1. The van der Waals surface area contributed by atoms with Crippen molar-refractivity contribution in [3.63, 3.8) is 0 Å². The van der Waals surface area contributed by atoms with Crippen LogP contribution in [0.4, 0.5) is 4.39 Å². The predicted molar refractivity (Wildman–Crippen MR) is 71.6 cm³/mol. The Kier molecular flexibility index (Phi) is 3.91. The second kappa shape index (κ2) is 5.25. The van der Waals surface area contributed by atoms with Crippen LogP contribution in [0.25, 0.3) is 0 Å². The Balaban J connectivity index is 2.18. The molecule has 2 aromatic rings. The van der Waals surface area contributed by atoms with E-state index < -0.39 is 0 Å². The van der Waals surface area contributed by atoms with Crippen molar-refractivity contribution in [1.29, 1.82) is 0 Å². The number of aromatic nitrogens is 1. The van der Waals surface area contributed by atoms with Gasteiger partial charge in [-0.2, -0.15) is 0 Å². The number of nitrogens with zero attached hydrogens (tertiary/aromatic N) is 1. The standard InChI is InChI=1S/C12H12BrFN2S/c1-7-12(17-6-16-7)11(15)4-8-2-9(13)5-10(14)3-8/h2-3,5-6,11H,4,15H2,1H3. The monoisotopic (exact) mass is 314 g/mol. The first kappa shape index (κ1) is 12.7. The molecule has 0 aliphatic heterocycles. The Bertz CT molecular complexity index is 507. The van der Waals surface area contributed by atoms with E-state index in [4.69, 9.17) is 5.73 Å². The van der Waals surface area contributed by atoms with E-state index in [1.54, 1.807) is 16.8 Å². The van der Waals surface area contributed by atoms with Crippen molar-refractivity contribution < 1.29 is 4.39 Å². The molecule has 1 unspecified atom stereocenters. The van der Waals surface area contributed by atoms with Gasteiger partial charge in [-0.05, 0) is 37.1 Å². The van der Waals surface area contributed by atoms with Crippen LogP contribution in [0.15, 0.2) is 28.2 Å². The van der Waals surface area contributed by atoms with Crippen molar-refractivity contribution in [3.05, 3.63) is 50.1 Å². The molecule has 0 spiro atoms. The third kappa shape index (κ3) is 3.12. The van der Waals surface area contributed by atoms with Crippen LogP contribution in [-0.4, -0.2) is 4.98 Å². The van der Waals surface area contributed by atoms with Gasteiger partial charge in [0.1, 0.15) is 5.82 Å². The normalized spacial score (nSPS) is 12.7. The zero-order valence-electron chi connectivity index (χ0n) is 9.28. The summed E-state index contributed by atoms with van der Waals surface area (Å²) >= 11 is 4.82. The zero-order valence-corrected chi connectivity index (χ0v) is 11.7. The molecule has 0 amide bonds. The van der Waals surface area contributed by atoms with E-state index in [-0.39, 0.29) is 11.9 Å². The lowest BCUT2D eigenvalue weighted by Crippen LogP contribution is -2.13. The molecule has 0 saturated carbocycles. The maximum absolute atomic E-state index is 13.2. The van der Waals surface area contributed by atoms with Crippen molar-refractivity contribution in [2.75, 3.05) is 0 Å². The summed E-state index contributed by atoms with van der Waals surface area (Å²) in [5.41, 5.74) is 9.73. The topological polar surface area (TPSA) is 38.9 Å². The van der Waals surface area contributed by atoms with Gasteiger partial charge in [0.25, 0.3) is 0 Å². The van der Waals surface area contributed by atoms with Crippen LogP contribution in [0.1, 0.15) is 22.2 Å². The summed E-state index contributed by atoms with van der Waals surface area (Å²) in [4.78, 5) is 5.23. The molecule has 5 heteroatoms. The van der Waals surface area contributed by atoms with E-state index in [0.29, 0.717) is 6.42 Å². The molecule has 1 aromatic carbocycles. The third-order valence-electron chi connectivity index (χ3n) is 2.50. The van der Waals surface area contributed by atoms with Crippen molar-refractivity contribution in [1.82, 2.24) is 4.98 Å². The van der Waals surface area contributed by atoms with Gasteiger partial charge in [0.2, 0.25) is 0 Å². The molecule has 0 fully saturated rings. The van der Waals surface area contributed by atoms with Crippen molar-refractivity contribution in [2.45, 2.75) is 19.4 Å². The quantitative estimate of drug-likeness (QED) is 0.940. The average molecular weight is 315 g/mol. The third-order valence-corrected chi connectivity index (χ3v) is 4.02. The average Bonchev–Trinajstić information content (AvgIpc) is 2.62. The number of thiazole rings is 1. The molecule has 0 aliphatic rings. The molecule has 90 valence electrons. The summed E-state index contributed by atoms with van der Waals surface area (Å²) in [6.45, 7) is 1.94. The number of rotatable bonds is 3. The maximum Gasteiger partial charge on any atom is 0.124 e. The Morgan fingerprint density at radius 1 is 1.47 bits per heavy atom. The van der Waals surface area contributed by atoms with E-state index in [0.717, 1.165) is 20.6 Å². The number of hydrogen-bond donors (Lipinski definition) is 1. The van der Waals surface area contributed by atoms with Crippen LogP contribution in [0, 0.1) is 12.7 Å². The molecule has 2 N–H and O–H groups in total. The van der Waals surface area contributed by atoms with E-state index in [9.17, 15) is 4.39 Å². The fraction of sp³-hybridized carbons (Fsp3) is 0.250. The van der Waals surface area contributed by atoms with Crippen LogP contribution >= 0.6 is 27.3 Å². The van der Waals surface area contributed by atoms with E-state index in [2.05, 4.69) is 20.9 Å². The molecule has 1 atom stereocenters. The van der Waals surface area contributed by atoms with Gasteiger partial charge in [0.15, 0.2) is 0 Å². The summed E-state index contributed by atoms with van der Waals surface area (Å²) in [6.07, 6.45) is 0.611. The van der Waals surface area contributed by atoms with Gasteiger partial charge in [-0.15, -0.1) is 11.3 Å². The van der Waals surface area contributed by atoms with Crippen molar-refractivity contribution in [2.24, 2.45) is 5.73 Å². The minimum atomic E-state index is -0.248. The number of benzene rings is 1. The van der Waals surface area contributed by atoms with E-state index in [1.165, 1.54) is 12.1 Å². The smallest absolute Gasteiger partial charge is 0.124 e. The highest BCUT2D eigenvalue weighted by Gasteiger charge is 2.13. The number of nitrogens with two attached hydrogens (primary N) is 1. The van der Waals surface area contributed by atoms with Gasteiger partial charge in [0.05, 0.1) is 11.2 Å². The van der Waals surface area contributed by atoms with Crippen molar-refractivity contribution >= 4 is 27.3 Å². The molecule has 1 heterocycles. The second-order valence-corrected chi connectivity index (χ2v) is 5.69. The summed E-state index contributed by atoms with van der Waals surface area (Å²) in [5.74, 6) is -0.248. The Hall–Kier alpha value is -0.780. The molecule has 17 heavy (non-hydrogen) atoms. The molecular weight excluding hydrogens is 303 g/mol. The predicted octanol–water partition coefficient (Wildman–Crippen LogP) is 3.60. The summed E-state index contributed by atoms with van der Waals surface area (Å²) in [5, 5.41) is 0. The van der Waals surface area contributed by atoms with E-state index >= 15 is 0 Å².